The van der Waals surface area contributed by atoms with Gasteiger partial charge < -0.3 is 10.1 Å². The van der Waals surface area contributed by atoms with Gasteiger partial charge in [-0.2, -0.15) is 0 Å². The lowest BCUT2D eigenvalue weighted by molar-refractivity contribution is 0.102. The molecule has 1 unspecified atom stereocenters. The molecule has 0 saturated heterocycles. The molecular formula is C22H26N4O2. The number of hydrogen-bond acceptors (Lipinski definition) is 4. The van der Waals surface area contributed by atoms with Crippen LogP contribution in [0.25, 0.3) is 10.9 Å². The molecule has 28 heavy (non-hydrogen) atoms. The lowest BCUT2D eigenvalue weighted by Crippen LogP contribution is -2.13. The summed E-state index contributed by atoms with van der Waals surface area (Å²) in [5.41, 5.74) is 2.42. The summed E-state index contributed by atoms with van der Waals surface area (Å²) in [6.45, 7) is 5.35. The van der Waals surface area contributed by atoms with Crippen LogP contribution >= 0.6 is 0 Å². The second kappa shape index (κ2) is 7.26. The fraction of sp³-hybridized carbons (Fsp3) is 0.409. The Balaban J connectivity index is 1.48. The fourth-order valence-electron chi connectivity index (χ4n) is 4.02. The maximum Gasteiger partial charge on any atom is 0.274 e. The Morgan fingerprint density at radius 3 is 2.89 bits per heavy atom. The maximum absolute atomic E-state index is 12.3. The molecule has 1 atom stereocenters. The second-order valence-corrected chi connectivity index (χ2v) is 8.41. The molecule has 0 radical (unpaired) electrons. The van der Waals surface area contributed by atoms with Crippen molar-refractivity contribution in [3.63, 3.8) is 0 Å². The first kappa shape index (κ1) is 18.5. The molecule has 1 aliphatic rings. The monoisotopic (exact) mass is 378 g/mol. The molecule has 146 valence electrons. The van der Waals surface area contributed by atoms with E-state index in [4.69, 9.17) is 4.74 Å². The highest BCUT2D eigenvalue weighted by molar-refractivity contribution is 6.03. The van der Waals surface area contributed by atoms with E-state index in [9.17, 15) is 4.79 Å². The van der Waals surface area contributed by atoms with Gasteiger partial charge in [0.15, 0.2) is 0 Å². The van der Waals surface area contributed by atoms with Crippen LogP contribution in [0.1, 0.15) is 43.6 Å². The largest absolute Gasteiger partial charge is 0.476 e. The van der Waals surface area contributed by atoms with Crippen molar-refractivity contribution in [3.8, 4) is 5.88 Å². The summed E-state index contributed by atoms with van der Waals surface area (Å²) in [6, 6.07) is 11.0. The molecule has 1 fully saturated rings. The predicted molar refractivity (Wildman–Crippen MR) is 110 cm³/mol. The molecule has 1 aliphatic carbocycles. The Morgan fingerprint density at radius 1 is 1.32 bits per heavy atom. The normalized spacial score (nSPS) is 18.3. The zero-order chi connectivity index (χ0) is 19.7. The van der Waals surface area contributed by atoms with Crippen molar-refractivity contribution in [2.24, 2.45) is 18.4 Å². The number of amides is 1. The molecule has 2 aromatic heterocycles. The molecule has 0 bridgehead atoms. The van der Waals surface area contributed by atoms with E-state index in [1.165, 1.54) is 19.3 Å². The molecular weight excluding hydrogens is 352 g/mol. The van der Waals surface area contributed by atoms with Gasteiger partial charge in [-0.1, -0.05) is 19.9 Å². The molecule has 2 heterocycles. The average Bonchev–Trinajstić information content (AvgIpc) is 3.19. The van der Waals surface area contributed by atoms with E-state index in [2.05, 4.69) is 29.2 Å². The van der Waals surface area contributed by atoms with Crippen molar-refractivity contribution in [2.75, 3.05) is 11.9 Å². The van der Waals surface area contributed by atoms with Crippen molar-refractivity contribution in [2.45, 2.75) is 33.1 Å². The topological polar surface area (TPSA) is 69.0 Å². The summed E-state index contributed by atoms with van der Waals surface area (Å²) < 4.78 is 7.87. The number of fused-ring (bicyclic) bond motifs is 1. The minimum absolute atomic E-state index is 0.234. The third-order valence-electron chi connectivity index (χ3n) is 5.50. The third-order valence-corrected chi connectivity index (χ3v) is 5.50. The molecule has 0 spiro atoms. The van der Waals surface area contributed by atoms with Crippen molar-refractivity contribution in [3.05, 3.63) is 48.3 Å². The molecule has 1 N–H and O–H groups in total. The minimum Gasteiger partial charge on any atom is -0.476 e. The van der Waals surface area contributed by atoms with Gasteiger partial charge in [-0.3, -0.25) is 14.5 Å². The molecule has 4 rings (SSSR count). The van der Waals surface area contributed by atoms with E-state index < -0.39 is 0 Å². The van der Waals surface area contributed by atoms with Crippen LogP contribution < -0.4 is 10.1 Å². The standard InChI is InChI=1S/C22H26N4O2/c1-22(2)10-9-15(13-22)14-28-21-17-8-7-16(12-19(17)26(3)25-21)24-20(27)18-6-4-5-11-23-18/h4-8,11-12,15H,9-10,13-14H2,1-3H3,(H,24,27). The van der Waals surface area contributed by atoms with Gasteiger partial charge in [0.05, 0.1) is 17.5 Å². The van der Waals surface area contributed by atoms with Gasteiger partial charge in [-0.05, 0) is 60.9 Å². The van der Waals surface area contributed by atoms with Crippen molar-refractivity contribution in [1.29, 1.82) is 0 Å². The Bertz CT molecular complexity index is 994. The summed E-state index contributed by atoms with van der Waals surface area (Å²) >= 11 is 0. The van der Waals surface area contributed by atoms with E-state index >= 15 is 0 Å². The third kappa shape index (κ3) is 3.86. The zero-order valence-electron chi connectivity index (χ0n) is 16.6. The number of carbonyl (C=O) groups is 1. The summed E-state index contributed by atoms with van der Waals surface area (Å²) in [7, 11) is 1.89. The van der Waals surface area contributed by atoms with E-state index in [0.717, 1.165) is 10.9 Å². The lowest BCUT2D eigenvalue weighted by Gasteiger charge is -2.17. The summed E-state index contributed by atoms with van der Waals surface area (Å²) in [6.07, 6.45) is 5.26. The molecule has 1 amide bonds. The number of pyridine rings is 1. The highest BCUT2D eigenvalue weighted by Crippen LogP contribution is 2.41. The first-order chi connectivity index (χ1) is 13.4. The van der Waals surface area contributed by atoms with Gasteiger partial charge in [0.2, 0.25) is 5.88 Å². The molecule has 6 nitrogen and oxygen atoms in total. The Morgan fingerprint density at radius 2 is 2.18 bits per heavy atom. The number of hydrogen-bond donors (Lipinski definition) is 1. The predicted octanol–water partition coefficient (Wildman–Crippen LogP) is 4.43. The maximum atomic E-state index is 12.3. The summed E-state index contributed by atoms with van der Waals surface area (Å²) in [4.78, 5) is 16.4. The lowest BCUT2D eigenvalue weighted by atomic mass is 9.91. The number of aryl methyl sites for hydroxylation is 1. The molecule has 6 heteroatoms. The minimum atomic E-state index is -0.234. The van der Waals surface area contributed by atoms with E-state index in [1.807, 2.05) is 25.2 Å². The van der Waals surface area contributed by atoms with Crippen LogP contribution in [0.3, 0.4) is 0 Å². The number of rotatable bonds is 5. The van der Waals surface area contributed by atoms with Gasteiger partial charge in [-0.15, -0.1) is 5.10 Å². The Kier molecular flexibility index (Phi) is 4.79. The van der Waals surface area contributed by atoms with Crippen molar-refractivity contribution < 1.29 is 9.53 Å². The van der Waals surface area contributed by atoms with Crippen LogP contribution in [-0.2, 0) is 7.05 Å². The second-order valence-electron chi connectivity index (χ2n) is 8.41. The van der Waals surface area contributed by atoms with Crippen molar-refractivity contribution >= 4 is 22.5 Å². The average molecular weight is 378 g/mol. The highest BCUT2D eigenvalue weighted by Gasteiger charge is 2.31. The van der Waals surface area contributed by atoms with Crippen LogP contribution in [0.5, 0.6) is 5.88 Å². The van der Waals surface area contributed by atoms with Crippen LogP contribution in [-0.4, -0.2) is 27.3 Å². The Labute approximate surface area is 164 Å². The van der Waals surface area contributed by atoms with Gasteiger partial charge in [-0.25, -0.2) is 0 Å². The first-order valence-electron chi connectivity index (χ1n) is 9.73. The Hall–Kier alpha value is -2.89. The van der Waals surface area contributed by atoms with Crippen LogP contribution in [0.15, 0.2) is 42.6 Å². The number of carbonyl (C=O) groups excluding carboxylic acids is 1. The van der Waals surface area contributed by atoms with Crippen LogP contribution in [0.2, 0.25) is 0 Å². The first-order valence-corrected chi connectivity index (χ1v) is 9.73. The van der Waals surface area contributed by atoms with E-state index in [-0.39, 0.29) is 5.91 Å². The van der Waals surface area contributed by atoms with Crippen LogP contribution in [0, 0.1) is 11.3 Å². The quantitative estimate of drug-likeness (QED) is 0.713. The van der Waals surface area contributed by atoms with Gasteiger partial charge >= 0.3 is 0 Å². The van der Waals surface area contributed by atoms with Crippen LogP contribution in [0.4, 0.5) is 5.69 Å². The van der Waals surface area contributed by atoms with E-state index in [1.54, 1.807) is 29.1 Å². The molecule has 0 aliphatic heterocycles. The van der Waals surface area contributed by atoms with Gasteiger partial charge in [0.25, 0.3) is 5.91 Å². The van der Waals surface area contributed by atoms with Gasteiger partial charge in [0, 0.05) is 18.9 Å². The fourth-order valence-corrected chi connectivity index (χ4v) is 4.02. The van der Waals surface area contributed by atoms with E-state index in [0.29, 0.717) is 35.2 Å². The van der Waals surface area contributed by atoms with Crippen molar-refractivity contribution in [1.82, 2.24) is 14.8 Å². The zero-order valence-corrected chi connectivity index (χ0v) is 16.6. The number of nitrogens with zero attached hydrogens (tertiary/aromatic N) is 3. The SMILES string of the molecule is Cn1nc(OCC2CCC(C)(C)C2)c2ccc(NC(=O)c3ccccn3)cc21. The smallest absolute Gasteiger partial charge is 0.274 e. The van der Waals surface area contributed by atoms with Gasteiger partial charge in [0.1, 0.15) is 5.69 Å². The highest BCUT2D eigenvalue weighted by atomic mass is 16.5. The number of nitrogens with one attached hydrogen (secondary N) is 1. The summed E-state index contributed by atoms with van der Waals surface area (Å²) in [5.74, 6) is 1.01. The molecule has 1 aromatic carbocycles. The summed E-state index contributed by atoms with van der Waals surface area (Å²) in [5, 5.41) is 8.38. The number of ether oxygens (including phenoxy) is 1. The molecule has 3 aromatic rings. The molecule has 1 saturated carbocycles. The number of aromatic nitrogens is 3. The number of anilines is 1. The number of benzene rings is 1.